The molecule has 0 N–H and O–H groups in total. The highest BCUT2D eigenvalue weighted by molar-refractivity contribution is 6.08. The van der Waals surface area contributed by atoms with Gasteiger partial charge in [-0.15, -0.1) is 0 Å². The van der Waals surface area contributed by atoms with Crippen LogP contribution in [0.5, 0.6) is 17.2 Å². The molecule has 2 rings (SSSR count). The number of amides is 2. The summed E-state index contributed by atoms with van der Waals surface area (Å²) in [6, 6.07) is 3.41. The van der Waals surface area contributed by atoms with Crippen molar-refractivity contribution in [2.24, 2.45) is 0 Å². The Bertz CT molecular complexity index is 682. The standard InChI is InChI=1S/C17H19NO6/c1-21-12-9-16(20)18(10-12)15(19)6-5-11-7-13(22-2)17(24-4)14(8-11)23-3/h5-9H,10H2,1-4H3. The first-order valence-corrected chi connectivity index (χ1v) is 7.12. The van der Waals surface area contributed by atoms with Gasteiger partial charge in [-0.25, -0.2) is 0 Å². The van der Waals surface area contributed by atoms with Crippen LogP contribution in [0.3, 0.4) is 0 Å². The van der Waals surface area contributed by atoms with Crippen LogP contribution in [0, 0.1) is 0 Å². The third kappa shape index (κ3) is 3.51. The summed E-state index contributed by atoms with van der Waals surface area (Å²) in [6.45, 7) is 0.133. The van der Waals surface area contributed by atoms with E-state index in [9.17, 15) is 9.59 Å². The molecule has 0 aromatic heterocycles. The number of ether oxygens (including phenoxy) is 4. The number of carbonyl (C=O) groups excluding carboxylic acids is 2. The first-order chi connectivity index (χ1) is 11.5. The van der Waals surface area contributed by atoms with Gasteiger partial charge in [-0.3, -0.25) is 14.5 Å². The number of hydrogen-bond acceptors (Lipinski definition) is 6. The van der Waals surface area contributed by atoms with Gasteiger partial charge in [0.05, 0.1) is 35.0 Å². The lowest BCUT2D eigenvalue weighted by Gasteiger charge is -2.13. The topological polar surface area (TPSA) is 74.3 Å². The predicted octanol–water partition coefficient (Wildman–Crippen LogP) is 1.62. The molecule has 7 nitrogen and oxygen atoms in total. The van der Waals surface area contributed by atoms with Gasteiger partial charge >= 0.3 is 0 Å². The number of hydrogen-bond donors (Lipinski definition) is 0. The van der Waals surface area contributed by atoms with Crippen molar-refractivity contribution in [2.45, 2.75) is 0 Å². The SMILES string of the molecule is COC1=CC(=O)N(C(=O)C=Cc2cc(OC)c(OC)c(OC)c2)C1. The molecule has 0 saturated heterocycles. The Balaban J connectivity index is 2.20. The molecule has 1 aromatic carbocycles. The molecular formula is C17H19NO6. The smallest absolute Gasteiger partial charge is 0.257 e. The van der Waals surface area contributed by atoms with Crippen LogP contribution in [0.15, 0.2) is 30.0 Å². The van der Waals surface area contributed by atoms with E-state index in [1.807, 2.05) is 0 Å². The maximum atomic E-state index is 12.2. The minimum absolute atomic E-state index is 0.133. The summed E-state index contributed by atoms with van der Waals surface area (Å²) < 4.78 is 20.7. The molecule has 1 aliphatic heterocycles. The average Bonchev–Trinajstić information content (AvgIpc) is 2.99. The van der Waals surface area contributed by atoms with Gasteiger partial charge in [-0.2, -0.15) is 0 Å². The fourth-order valence-electron chi connectivity index (χ4n) is 2.26. The lowest BCUT2D eigenvalue weighted by Crippen LogP contribution is -2.31. The predicted molar refractivity (Wildman–Crippen MR) is 86.9 cm³/mol. The number of benzene rings is 1. The van der Waals surface area contributed by atoms with E-state index in [0.29, 0.717) is 28.6 Å². The molecule has 1 aromatic rings. The zero-order valence-electron chi connectivity index (χ0n) is 14.0. The second-order valence-electron chi connectivity index (χ2n) is 4.87. The van der Waals surface area contributed by atoms with Gasteiger partial charge in [0.25, 0.3) is 11.8 Å². The maximum absolute atomic E-state index is 12.2. The van der Waals surface area contributed by atoms with Gasteiger partial charge in [-0.1, -0.05) is 0 Å². The van der Waals surface area contributed by atoms with Crippen LogP contribution < -0.4 is 14.2 Å². The van der Waals surface area contributed by atoms with Crippen LogP contribution in [0.2, 0.25) is 0 Å². The van der Waals surface area contributed by atoms with E-state index in [1.54, 1.807) is 18.2 Å². The molecular weight excluding hydrogens is 314 g/mol. The fraction of sp³-hybridized carbons (Fsp3) is 0.294. The number of nitrogens with zero attached hydrogens (tertiary/aromatic N) is 1. The Morgan fingerprint density at radius 2 is 1.67 bits per heavy atom. The molecule has 7 heteroatoms. The Morgan fingerprint density at radius 1 is 1.04 bits per heavy atom. The first-order valence-electron chi connectivity index (χ1n) is 7.12. The minimum Gasteiger partial charge on any atom is -0.499 e. The molecule has 0 atom stereocenters. The number of imide groups is 1. The highest BCUT2D eigenvalue weighted by atomic mass is 16.5. The van der Waals surface area contributed by atoms with Crippen LogP contribution in [0.1, 0.15) is 5.56 Å². The van der Waals surface area contributed by atoms with E-state index in [1.165, 1.54) is 40.6 Å². The van der Waals surface area contributed by atoms with Crippen molar-refractivity contribution in [3.63, 3.8) is 0 Å². The number of methoxy groups -OCH3 is 4. The molecule has 128 valence electrons. The molecule has 0 bridgehead atoms. The van der Waals surface area contributed by atoms with Crippen molar-refractivity contribution in [1.82, 2.24) is 4.90 Å². The highest BCUT2D eigenvalue weighted by Crippen LogP contribution is 2.38. The van der Waals surface area contributed by atoms with E-state index in [-0.39, 0.29) is 6.54 Å². The summed E-state index contributed by atoms with van der Waals surface area (Å²) in [4.78, 5) is 25.0. The minimum atomic E-state index is -0.433. The van der Waals surface area contributed by atoms with Gasteiger partial charge in [0.15, 0.2) is 11.5 Å². The molecule has 24 heavy (non-hydrogen) atoms. The lowest BCUT2D eigenvalue weighted by molar-refractivity contribution is -0.137. The zero-order valence-corrected chi connectivity index (χ0v) is 14.0. The largest absolute Gasteiger partial charge is 0.499 e. The summed E-state index contributed by atoms with van der Waals surface area (Å²) in [5.74, 6) is 1.04. The van der Waals surface area contributed by atoms with E-state index >= 15 is 0 Å². The van der Waals surface area contributed by atoms with Gasteiger partial charge < -0.3 is 18.9 Å². The molecule has 0 saturated carbocycles. The van der Waals surface area contributed by atoms with Crippen molar-refractivity contribution >= 4 is 17.9 Å². The monoisotopic (exact) mass is 333 g/mol. The van der Waals surface area contributed by atoms with E-state index in [2.05, 4.69) is 0 Å². The summed E-state index contributed by atoms with van der Waals surface area (Å²) in [6.07, 6.45) is 4.18. The second kappa shape index (κ2) is 7.54. The molecule has 0 radical (unpaired) electrons. The Labute approximate surface area is 140 Å². The molecule has 0 unspecified atom stereocenters. The Hall–Kier alpha value is -2.96. The second-order valence-corrected chi connectivity index (χ2v) is 4.87. The van der Waals surface area contributed by atoms with Crippen LogP contribution in [-0.4, -0.2) is 51.7 Å². The van der Waals surface area contributed by atoms with Crippen molar-refractivity contribution in [1.29, 1.82) is 0 Å². The molecule has 1 heterocycles. The van der Waals surface area contributed by atoms with Crippen LogP contribution in [0.25, 0.3) is 6.08 Å². The quantitative estimate of drug-likeness (QED) is 0.737. The van der Waals surface area contributed by atoms with Crippen molar-refractivity contribution < 1.29 is 28.5 Å². The molecule has 0 fully saturated rings. The zero-order chi connectivity index (χ0) is 17.7. The Morgan fingerprint density at radius 3 is 2.12 bits per heavy atom. The average molecular weight is 333 g/mol. The van der Waals surface area contributed by atoms with Gasteiger partial charge in [0, 0.05) is 12.2 Å². The normalized spacial score (nSPS) is 13.9. The van der Waals surface area contributed by atoms with E-state index < -0.39 is 11.8 Å². The van der Waals surface area contributed by atoms with Crippen molar-refractivity contribution in [2.75, 3.05) is 35.0 Å². The van der Waals surface area contributed by atoms with Crippen molar-refractivity contribution in [3.05, 3.63) is 35.6 Å². The Kier molecular flexibility index (Phi) is 5.47. The first kappa shape index (κ1) is 17.4. The van der Waals surface area contributed by atoms with Crippen LogP contribution in [-0.2, 0) is 14.3 Å². The summed E-state index contributed by atoms with van der Waals surface area (Å²) in [7, 11) is 5.99. The van der Waals surface area contributed by atoms with E-state index in [0.717, 1.165) is 4.90 Å². The molecule has 1 aliphatic rings. The molecule has 0 spiro atoms. The van der Waals surface area contributed by atoms with Crippen molar-refractivity contribution in [3.8, 4) is 17.2 Å². The molecule has 2 amide bonds. The van der Waals surface area contributed by atoms with Crippen LogP contribution in [0.4, 0.5) is 0 Å². The third-order valence-corrected chi connectivity index (χ3v) is 3.50. The number of rotatable bonds is 6. The summed E-state index contributed by atoms with van der Waals surface area (Å²) in [5, 5.41) is 0. The van der Waals surface area contributed by atoms with Crippen LogP contribution >= 0.6 is 0 Å². The highest BCUT2D eigenvalue weighted by Gasteiger charge is 2.26. The lowest BCUT2D eigenvalue weighted by atomic mass is 10.1. The summed E-state index contributed by atoms with van der Waals surface area (Å²) in [5.41, 5.74) is 0.671. The number of carbonyl (C=O) groups is 2. The van der Waals surface area contributed by atoms with Gasteiger partial charge in [-0.05, 0) is 23.8 Å². The third-order valence-electron chi connectivity index (χ3n) is 3.50. The van der Waals surface area contributed by atoms with Gasteiger partial charge in [0.1, 0.15) is 5.76 Å². The molecule has 0 aliphatic carbocycles. The fourth-order valence-corrected chi connectivity index (χ4v) is 2.26. The van der Waals surface area contributed by atoms with E-state index in [4.69, 9.17) is 18.9 Å². The summed E-state index contributed by atoms with van der Waals surface area (Å²) >= 11 is 0. The van der Waals surface area contributed by atoms with Gasteiger partial charge in [0.2, 0.25) is 5.75 Å². The maximum Gasteiger partial charge on any atom is 0.257 e.